The number of amides is 2. The summed E-state index contributed by atoms with van der Waals surface area (Å²) in [6.45, 7) is 9.28. The number of quaternary nitrogens is 1. The number of carbonyl (C=O) groups is 2. The average molecular weight is 349 g/mol. The molecule has 1 heterocycles. The van der Waals surface area contributed by atoms with Gasteiger partial charge in [0.05, 0.1) is 12.6 Å². The third-order valence-electron chi connectivity index (χ3n) is 5.29. The Morgan fingerprint density at radius 2 is 1.88 bits per heavy atom. The third-order valence-corrected chi connectivity index (χ3v) is 5.29. The van der Waals surface area contributed by atoms with E-state index in [-0.39, 0.29) is 23.2 Å². The number of nitrogens with zero attached hydrogens (tertiary/aromatic N) is 2. The molecule has 2 atom stereocenters. The van der Waals surface area contributed by atoms with Crippen LogP contribution in [-0.2, 0) is 11.3 Å². The van der Waals surface area contributed by atoms with Crippen molar-refractivity contribution in [1.82, 2.24) is 4.90 Å². The number of benzene rings is 1. The van der Waals surface area contributed by atoms with E-state index in [0.29, 0.717) is 26.1 Å². The highest BCUT2D eigenvalue weighted by atomic mass is 16.6. The minimum absolute atomic E-state index is 0.0462. The monoisotopic (exact) mass is 349 g/mol. The van der Waals surface area contributed by atoms with E-state index in [9.17, 15) is 14.7 Å². The number of hydrogen-bond donors (Lipinski definition) is 1. The van der Waals surface area contributed by atoms with E-state index in [0.717, 1.165) is 5.56 Å². The average Bonchev–Trinajstić information content (AvgIpc) is 2.73. The summed E-state index contributed by atoms with van der Waals surface area (Å²) in [6, 6.07) is 9.45. The van der Waals surface area contributed by atoms with E-state index in [1.165, 1.54) is 0 Å². The molecule has 1 aliphatic rings. The maximum Gasteiger partial charge on any atom is 0.514 e. The Labute approximate surface area is 149 Å². The van der Waals surface area contributed by atoms with E-state index >= 15 is 0 Å². The molecule has 1 aromatic rings. The largest absolute Gasteiger partial charge is 0.514 e. The van der Waals surface area contributed by atoms with Crippen LogP contribution in [0.1, 0.15) is 39.7 Å². The van der Waals surface area contributed by atoms with Crippen molar-refractivity contribution in [2.45, 2.75) is 52.3 Å². The Hall–Kier alpha value is -2.08. The molecule has 2 amide bonds. The van der Waals surface area contributed by atoms with Crippen molar-refractivity contribution in [3.63, 3.8) is 0 Å². The van der Waals surface area contributed by atoms with Crippen LogP contribution in [-0.4, -0.2) is 57.9 Å². The second-order valence-corrected chi connectivity index (χ2v) is 7.71. The highest BCUT2D eigenvalue weighted by Crippen LogP contribution is 2.32. The maximum absolute atomic E-state index is 12.4. The van der Waals surface area contributed by atoms with Crippen LogP contribution in [0, 0.1) is 0 Å². The van der Waals surface area contributed by atoms with E-state index < -0.39 is 11.6 Å². The number of hydrogen-bond acceptors (Lipinski definition) is 3. The van der Waals surface area contributed by atoms with Crippen molar-refractivity contribution in [3.8, 4) is 0 Å². The lowest BCUT2D eigenvalue weighted by Gasteiger charge is -2.46. The van der Waals surface area contributed by atoms with Gasteiger partial charge in [0.1, 0.15) is 18.7 Å². The van der Waals surface area contributed by atoms with E-state index in [1.54, 1.807) is 4.90 Å². The lowest BCUT2D eigenvalue weighted by molar-refractivity contribution is -0.922. The van der Waals surface area contributed by atoms with E-state index in [4.69, 9.17) is 4.74 Å². The molecule has 0 aromatic heterocycles. The van der Waals surface area contributed by atoms with Crippen molar-refractivity contribution in [1.29, 1.82) is 0 Å². The van der Waals surface area contributed by atoms with Crippen LogP contribution in [0.3, 0.4) is 0 Å². The summed E-state index contributed by atoms with van der Waals surface area (Å²) in [7, 11) is 0. The normalized spacial score (nSPS) is 24.5. The molecule has 0 saturated carbocycles. The molecule has 25 heavy (non-hydrogen) atoms. The molecule has 138 valence electrons. The minimum atomic E-state index is -0.834. The lowest BCUT2D eigenvalue weighted by Crippen LogP contribution is -2.68. The fourth-order valence-electron chi connectivity index (χ4n) is 3.73. The molecular formula is C19H29N2O4+. The zero-order valence-electron chi connectivity index (χ0n) is 15.6. The predicted molar refractivity (Wildman–Crippen MR) is 95.2 cm³/mol. The first-order valence-corrected chi connectivity index (χ1v) is 8.75. The van der Waals surface area contributed by atoms with Crippen LogP contribution in [0.4, 0.5) is 9.59 Å². The van der Waals surface area contributed by atoms with Crippen molar-refractivity contribution in [2.24, 2.45) is 0 Å². The molecule has 1 N–H and O–H groups in total. The Morgan fingerprint density at radius 1 is 1.24 bits per heavy atom. The minimum Gasteiger partial charge on any atom is -0.445 e. The van der Waals surface area contributed by atoms with Gasteiger partial charge in [0.15, 0.2) is 0 Å². The Bertz CT molecular complexity index is 612. The van der Waals surface area contributed by atoms with Gasteiger partial charge in [-0.15, -0.1) is 0 Å². The van der Waals surface area contributed by atoms with Gasteiger partial charge in [0.2, 0.25) is 0 Å². The predicted octanol–water partition coefficient (Wildman–Crippen LogP) is 3.71. The van der Waals surface area contributed by atoms with Gasteiger partial charge < -0.3 is 14.7 Å². The van der Waals surface area contributed by atoms with Crippen LogP contribution in [0.25, 0.3) is 0 Å². The first-order chi connectivity index (χ1) is 11.7. The molecule has 6 heteroatoms. The summed E-state index contributed by atoms with van der Waals surface area (Å²) >= 11 is 0. The summed E-state index contributed by atoms with van der Waals surface area (Å²) in [5.74, 6) is 0. The smallest absolute Gasteiger partial charge is 0.445 e. The number of carboxylic acid groups (broad SMARTS) is 1. The van der Waals surface area contributed by atoms with Crippen LogP contribution < -0.4 is 0 Å². The number of rotatable bonds is 2. The van der Waals surface area contributed by atoms with Gasteiger partial charge in [-0.1, -0.05) is 30.3 Å². The molecule has 1 fully saturated rings. The molecule has 1 unspecified atom stereocenters. The summed E-state index contributed by atoms with van der Waals surface area (Å²) in [6.07, 6.45) is -0.584. The molecule has 0 spiro atoms. The molecule has 2 rings (SSSR count). The Balaban J connectivity index is 2.06. The van der Waals surface area contributed by atoms with Gasteiger partial charge in [0, 0.05) is 13.0 Å². The first-order valence-electron chi connectivity index (χ1n) is 8.75. The van der Waals surface area contributed by atoms with Crippen LogP contribution >= 0.6 is 0 Å². The summed E-state index contributed by atoms with van der Waals surface area (Å²) < 4.78 is 5.36. The number of carbonyl (C=O) groups excluding carboxylic acids is 1. The van der Waals surface area contributed by atoms with Crippen molar-refractivity contribution in [2.75, 3.05) is 19.6 Å². The summed E-state index contributed by atoms with van der Waals surface area (Å²) in [5.41, 5.74) is 0.485. The van der Waals surface area contributed by atoms with E-state index in [1.807, 2.05) is 58.0 Å². The highest BCUT2D eigenvalue weighted by Gasteiger charge is 2.53. The molecule has 1 aliphatic heterocycles. The highest BCUT2D eigenvalue weighted by molar-refractivity contribution is 5.67. The van der Waals surface area contributed by atoms with Crippen molar-refractivity contribution >= 4 is 12.2 Å². The molecule has 6 nitrogen and oxygen atoms in total. The maximum atomic E-state index is 12.4. The fourth-order valence-corrected chi connectivity index (χ4v) is 3.73. The molecule has 0 aliphatic carbocycles. The fraction of sp³-hybridized carbons (Fsp3) is 0.579. The van der Waals surface area contributed by atoms with Crippen molar-refractivity contribution < 1.29 is 23.9 Å². The zero-order chi connectivity index (χ0) is 18.7. The first kappa shape index (κ1) is 19.2. The quantitative estimate of drug-likeness (QED) is 0.827. The third kappa shape index (κ3) is 3.95. The van der Waals surface area contributed by atoms with Gasteiger partial charge in [-0.25, -0.2) is 9.28 Å². The van der Waals surface area contributed by atoms with Crippen LogP contribution in [0.5, 0.6) is 0 Å². The zero-order valence-corrected chi connectivity index (χ0v) is 15.6. The number of ether oxygens (including phenoxy) is 1. The standard InChI is InChI=1S/C19H28N2O4/c1-15-10-11-20(12-13-21(15,18(23)24)19(2,3)4)17(22)25-14-16-8-6-5-7-9-16/h5-9,15H,10-14H2,1-4H3/p+1/t15-,21?/m1/s1. The molecular weight excluding hydrogens is 320 g/mol. The molecule has 0 radical (unpaired) electrons. The van der Waals surface area contributed by atoms with Gasteiger partial charge in [-0.3, -0.25) is 0 Å². The summed E-state index contributed by atoms with van der Waals surface area (Å²) in [4.78, 5) is 26.2. The second kappa shape index (κ2) is 7.44. The van der Waals surface area contributed by atoms with Gasteiger partial charge in [-0.05, 0) is 33.3 Å². The van der Waals surface area contributed by atoms with Crippen molar-refractivity contribution in [3.05, 3.63) is 35.9 Å². The van der Waals surface area contributed by atoms with E-state index in [2.05, 4.69) is 0 Å². The molecule has 1 aromatic carbocycles. The van der Waals surface area contributed by atoms with Gasteiger partial charge >= 0.3 is 12.2 Å². The van der Waals surface area contributed by atoms with Gasteiger partial charge in [0.25, 0.3) is 0 Å². The summed E-state index contributed by atoms with van der Waals surface area (Å²) in [5, 5.41) is 9.93. The second-order valence-electron chi connectivity index (χ2n) is 7.71. The van der Waals surface area contributed by atoms with Gasteiger partial charge in [-0.2, -0.15) is 4.79 Å². The lowest BCUT2D eigenvalue weighted by atomic mass is 9.97. The topological polar surface area (TPSA) is 66.8 Å². The Kier molecular flexibility index (Phi) is 5.72. The van der Waals surface area contributed by atoms with Crippen LogP contribution in [0.15, 0.2) is 30.3 Å². The Morgan fingerprint density at radius 3 is 2.44 bits per heavy atom. The molecule has 0 bridgehead atoms. The molecule has 1 saturated heterocycles. The SMILES string of the molecule is C[C@@H]1CCN(C(=O)OCc2ccccc2)CC[N+]1(C(=O)O)C(C)(C)C. The van der Waals surface area contributed by atoms with Crippen LogP contribution in [0.2, 0.25) is 0 Å².